The predicted molar refractivity (Wildman–Crippen MR) is 103 cm³/mol. The largest absolute Gasteiger partial charge is 0.462 e. The maximum absolute atomic E-state index is 11.9. The summed E-state index contributed by atoms with van der Waals surface area (Å²) >= 11 is 0. The van der Waals surface area contributed by atoms with Crippen LogP contribution in [0.4, 0.5) is 0 Å². The van der Waals surface area contributed by atoms with Crippen molar-refractivity contribution in [1.82, 2.24) is 4.57 Å². The number of ether oxygens (including phenoxy) is 1. The van der Waals surface area contributed by atoms with E-state index in [9.17, 15) is 4.79 Å². The Kier molecular flexibility index (Phi) is 6.42. The lowest BCUT2D eigenvalue weighted by molar-refractivity contribution is -0.671. The number of para-hydroxylation sites is 1. The number of carbonyl (C=O) groups is 1. The summed E-state index contributed by atoms with van der Waals surface area (Å²) in [7, 11) is 1.90. The second kappa shape index (κ2) is 9.18. The molecule has 3 rings (SSSR count). The van der Waals surface area contributed by atoms with Crippen LogP contribution >= 0.6 is 0 Å². The fourth-order valence-electron chi connectivity index (χ4n) is 3.21. The molecule has 4 heteroatoms. The highest BCUT2D eigenvalue weighted by Crippen LogP contribution is 2.16. The molecule has 4 nitrogen and oxygen atoms in total. The monoisotopic (exact) mass is 351 g/mol. The lowest BCUT2D eigenvalue weighted by atomic mass is 10.1. The lowest BCUT2D eigenvalue weighted by Crippen LogP contribution is -2.28. The Morgan fingerprint density at radius 3 is 2.69 bits per heavy atom. The van der Waals surface area contributed by atoms with Gasteiger partial charge in [-0.25, -0.2) is 9.36 Å². The molecule has 0 bridgehead atoms. The van der Waals surface area contributed by atoms with Gasteiger partial charge in [0.25, 0.3) is 0 Å². The second-order valence-corrected chi connectivity index (χ2v) is 6.73. The number of aromatic nitrogens is 2. The van der Waals surface area contributed by atoms with Gasteiger partial charge in [0.05, 0.1) is 6.61 Å². The summed E-state index contributed by atoms with van der Waals surface area (Å²) in [6.07, 6.45) is 11.4. The van der Waals surface area contributed by atoms with Crippen LogP contribution in [0.2, 0.25) is 0 Å². The Bertz CT molecular complexity index is 854. The first-order chi connectivity index (χ1) is 12.7. The first-order valence-electron chi connectivity index (χ1n) is 9.40. The number of hydrogen-bond donors (Lipinski definition) is 0. The number of benzene rings is 1. The Hall–Kier alpha value is -2.62. The molecule has 0 unspecified atom stereocenters. The summed E-state index contributed by atoms with van der Waals surface area (Å²) in [4.78, 5) is 11.9. The summed E-state index contributed by atoms with van der Waals surface area (Å²) in [5.74, 6) is -0.235. The first-order valence-corrected chi connectivity index (χ1v) is 9.40. The summed E-state index contributed by atoms with van der Waals surface area (Å²) in [6, 6.07) is 14.3. The molecule has 3 aromatic rings. The van der Waals surface area contributed by atoms with Gasteiger partial charge in [0.2, 0.25) is 0 Å². The minimum absolute atomic E-state index is 0.235. The highest BCUT2D eigenvalue weighted by atomic mass is 16.5. The summed E-state index contributed by atoms with van der Waals surface area (Å²) < 4.78 is 9.52. The van der Waals surface area contributed by atoms with E-state index in [-0.39, 0.29) is 5.97 Å². The van der Waals surface area contributed by atoms with Crippen LogP contribution in [0.15, 0.2) is 61.1 Å². The van der Waals surface area contributed by atoms with Crippen LogP contribution in [-0.4, -0.2) is 17.1 Å². The maximum atomic E-state index is 11.9. The van der Waals surface area contributed by atoms with E-state index in [1.54, 1.807) is 12.3 Å². The standard InChI is InChI=1S/C22H27N2O2/c1-23-14-9-11-20(18-23)22(25)26-17-8-4-2-3-7-15-24-16-13-19-10-5-6-12-21(19)24/h5-6,9-14,16,18H,2-4,7-8,15,17H2,1H3/q+1. The summed E-state index contributed by atoms with van der Waals surface area (Å²) in [5.41, 5.74) is 1.92. The molecule has 136 valence electrons. The molecule has 0 spiro atoms. The van der Waals surface area contributed by atoms with Crippen molar-refractivity contribution < 1.29 is 14.1 Å². The fourth-order valence-corrected chi connectivity index (χ4v) is 3.21. The molecule has 1 aromatic carbocycles. The van der Waals surface area contributed by atoms with Crippen molar-refractivity contribution in [1.29, 1.82) is 0 Å². The molecule has 0 saturated heterocycles. The van der Waals surface area contributed by atoms with Gasteiger partial charge in [-0.1, -0.05) is 37.5 Å². The summed E-state index contributed by atoms with van der Waals surface area (Å²) in [6.45, 7) is 1.56. The number of hydrogen-bond acceptors (Lipinski definition) is 2. The molecule has 2 heterocycles. The number of rotatable bonds is 9. The fraction of sp³-hybridized carbons (Fsp3) is 0.364. The third kappa shape index (κ3) is 4.94. The quantitative estimate of drug-likeness (QED) is 0.328. The molecule has 0 amide bonds. The van der Waals surface area contributed by atoms with Crippen molar-refractivity contribution in [3.63, 3.8) is 0 Å². The Morgan fingerprint density at radius 1 is 1.00 bits per heavy atom. The van der Waals surface area contributed by atoms with Crippen LogP contribution in [0.5, 0.6) is 0 Å². The van der Waals surface area contributed by atoms with E-state index in [0.29, 0.717) is 12.2 Å². The molecule has 0 radical (unpaired) electrons. The molecule has 0 saturated carbocycles. The zero-order chi connectivity index (χ0) is 18.2. The Morgan fingerprint density at radius 2 is 1.81 bits per heavy atom. The number of aryl methyl sites for hydroxylation is 2. The zero-order valence-electron chi connectivity index (χ0n) is 15.4. The predicted octanol–water partition coefficient (Wildman–Crippen LogP) is 4.27. The van der Waals surface area contributed by atoms with E-state index in [0.717, 1.165) is 19.4 Å². The highest BCUT2D eigenvalue weighted by Gasteiger charge is 2.09. The molecule has 0 aliphatic heterocycles. The van der Waals surface area contributed by atoms with Crippen molar-refractivity contribution in [3.05, 3.63) is 66.6 Å². The van der Waals surface area contributed by atoms with Gasteiger partial charge in [0, 0.05) is 24.3 Å². The van der Waals surface area contributed by atoms with Crippen LogP contribution < -0.4 is 4.57 Å². The van der Waals surface area contributed by atoms with Crippen LogP contribution in [0.3, 0.4) is 0 Å². The van der Waals surface area contributed by atoms with Gasteiger partial charge >= 0.3 is 5.97 Å². The molecule has 0 atom stereocenters. The van der Waals surface area contributed by atoms with E-state index in [1.807, 2.05) is 23.9 Å². The molecular formula is C22H27N2O2+. The molecule has 0 aliphatic carbocycles. The van der Waals surface area contributed by atoms with Gasteiger partial charge in [-0.2, -0.15) is 0 Å². The van der Waals surface area contributed by atoms with E-state index in [4.69, 9.17) is 4.74 Å². The number of fused-ring (bicyclic) bond motifs is 1. The van der Waals surface area contributed by atoms with E-state index < -0.39 is 0 Å². The van der Waals surface area contributed by atoms with Crippen molar-refractivity contribution in [2.24, 2.45) is 7.05 Å². The van der Waals surface area contributed by atoms with Crippen molar-refractivity contribution in [3.8, 4) is 0 Å². The van der Waals surface area contributed by atoms with Gasteiger partial charge in [0.15, 0.2) is 12.4 Å². The molecular weight excluding hydrogens is 324 g/mol. The van der Waals surface area contributed by atoms with E-state index in [1.165, 1.54) is 30.2 Å². The number of pyridine rings is 1. The zero-order valence-corrected chi connectivity index (χ0v) is 15.4. The van der Waals surface area contributed by atoms with Crippen LogP contribution in [0.25, 0.3) is 10.9 Å². The van der Waals surface area contributed by atoms with Crippen molar-refractivity contribution in [2.45, 2.75) is 38.6 Å². The summed E-state index contributed by atoms with van der Waals surface area (Å²) in [5, 5.41) is 1.31. The second-order valence-electron chi connectivity index (χ2n) is 6.73. The molecule has 0 N–H and O–H groups in total. The average molecular weight is 351 g/mol. The van der Waals surface area contributed by atoms with Gasteiger partial charge < -0.3 is 9.30 Å². The molecule has 0 aliphatic rings. The van der Waals surface area contributed by atoms with E-state index in [2.05, 4.69) is 41.1 Å². The highest BCUT2D eigenvalue weighted by molar-refractivity contribution is 5.88. The Balaban J connectivity index is 1.27. The maximum Gasteiger partial charge on any atom is 0.344 e. The topological polar surface area (TPSA) is 35.1 Å². The third-order valence-corrected chi connectivity index (χ3v) is 4.63. The van der Waals surface area contributed by atoms with Crippen molar-refractivity contribution in [2.75, 3.05) is 6.61 Å². The SMILES string of the molecule is C[n+]1cccc(C(=O)OCCCCCCCn2ccc3ccccc32)c1. The first kappa shape index (κ1) is 18.2. The van der Waals surface area contributed by atoms with Gasteiger partial charge in [-0.3, -0.25) is 0 Å². The van der Waals surface area contributed by atoms with Crippen LogP contribution in [-0.2, 0) is 18.3 Å². The number of nitrogens with zero attached hydrogens (tertiary/aromatic N) is 2. The van der Waals surface area contributed by atoms with Crippen LogP contribution in [0, 0.1) is 0 Å². The minimum Gasteiger partial charge on any atom is -0.462 e. The minimum atomic E-state index is -0.235. The average Bonchev–Trinajstić information content (AvgIpc) is 3.07. The lowest BCUT2D eigenvalue weighted by Gasteiger charge is -2.06. The van der Waals surface area contributed by atoms with Crippen molar-refractivity contribution >= 4 is 16.9 Å². The number of esters is 1. The van der Waals surface area contributed by atoms with E-state index >= 15 is 0 Å². The number of carbonyl (C=O) groups excluding carboxylic acids is 1. The normalized spacial score (nSPS) is 11.0. The molecule has 0 fully saturated rings. The van der Waals surface area contributed by atoms with Gasteiger partial charge in [0.1, 0.15) is 12.6 Å². The molecule has 26 heavy (non-hydrogen) atoms. The van der Waals surface area contributed by atoms with Gasteiger partial charge in [-0.15, -0.1) is 0 Å². The van der Waals surface area contributed by atoms with Gasteiger partial charge in [-0.05, 0) is 36.4 Å². The smallest absolute Gasteiger partial charge is 0.344 e. The Labute approximate surface area is 155 Å². The van der Waals surface area contributed by atoms with Crippen LogP contribution in [0.1, 0.15) is 42.5 Å². The number of unbranched alkanes of at least 4 members (excludes halogenated alkanes) is 4. The third-order valence-electron chi connectivity index (χ3n) is 4.63. The molecule has 2 aromatic heterocycles.